The molecule has 1 heterocycles. The molecule has 0 aromatic rings. The molecule has 0 spiro atoms. The molecule has 2 unspecified atom stereocenters. The minimum Gasteiger partial charge on any atom is -0.468 e. The third-order valence-corrected chi connectivity index (χ3v) is 3.20. The third kappa shape index (κ3) is 3.47. The second-order valence-corrected chi connectivity index (χ2v) is 4.16. The van der Waals surface area contributed by atoms with Gasteiger partial charge in [-0.2, -0.15) is 0 Å². The fourth-order valence-electron chi connectivity index (χ4n) is 2.23. The molecule has 4 heteroatoms. The highest BCUT2D eigenvalue weighted by molar-refractivity contribution is 5.75. The van der Waals surface area contributed by atoms with E-state index in [4.69, 9.17) is 5.73 Å². The van der Waals surface area contributed by atoms with Crippen molar-refractivity contribution in [1.29, 1.82) is 0 Å². The van der Waals surface area contributed by atoms with Crippen molar-refractivity contribution in [1.82, 2.24) is 4.90 Å². The van der Waals surface area contributed by atoms with Crippen LogP contribution in [0.1, 0.15) is 32.6 Å². The monoisotopic (exact) mass is 214 g/mol. The molecule has 0 amide bonds. The van der Waals surface area contributed by atoms with E-state index in [-0.39, 0.29) is 5.97 Å². The van der Waals surface area contributed by atoms with Crippen molar-refractivity contribution in [2.75, 3.05) is 20.2 Å². The maximum atomic E-state index is 11.1. The van der Waals surface area contributed by atoms with Gasteiger partial charge in [0.05, 0.1) is 7.11 Å². The van der Waals surface area contributed by atoms with Gasteiger partial charge in [-0.25, -0.2) is 0 Å². The van der Waals surface area contributed by atoms with Crippen molar-refractivity contribution >= 4 is 5.97 Å². The molecule has 1 saturated heterocycles. The Morgan fingerprint density at radius 2 is 2.40 bits per heavy atom. The molecular formula is C11H22N2O2. The zero-order valence-electron chi connectivity index (χ0n) is 9.74. The maximum absolute atomic E-state index is 11.1. The van der Waals surface area contributed by atoms with Crippen molar-refractivity contribution in [3.8, 4) is 0 Å². The van der Waals surface area contributed by atoms with Gasteiger partial charge in [0.1, 0.15) is 6.04 Å². The van der Waals surface area contributed by atoms with Crippen LogP contribution in [0.3, 0.4) is 0 Å². The maximum Gasteiger partial charge on any atom is 0.322 e. The number of hydrogen-bond donors (Lipinski definition) is 1. The van der Waals surface area contributed by atoms with Crippen molar-refractivity contribution in [3.05, 3.63) is 0 Å². The number of nitrogens with two attached hydrogens (primary N) is 1. The Balaban J connectivity index is 2.27. The standard InChI is InChI=1S/C11H22N2O2/c1-3-9-5-4-7-13(9)8-6-10(12)11(14)15-2/h9-10H,3-8,12H2,1-2H3. The number of ether oxygens (including phenoxy) is 1. The molecule has 0 aromatic carbocycles. The summed E-state index contributed by atoms with van der Waals surface area (Å²) in [6, 6.07) is 0.225. The summed E-state index contributed by atoms with van der Waals surface area (Å²) in [5.41, 5.74) is 5.69. The fraction of sp³-hybridized carbons (Fsp3) is 0.909. The minimum atomic E-state index is -0.465. The molecule has 0 aliphatic carbocycles. The predicted molar refractivity (Wildman–Crippen MR) is 59.5 cm³/mol. The molecular weight excluding hydrogens is 192 g/mol. The predicted octanol–water partition coefficient (Wildman–Crippen LogP) is 0.751. The van der Waals surface area contributed by atoms with Crippen molar-refractivity contribution in [3.63, 3.8) is 0 Å². The van der Waals surface area contributed by atoms with E-state index >= 15 is 0 Å². The molecule has 4 nitrogen and oxygen atoms in total. The van der Waals surface area contributed by atoms with Crippen molar-refractivity contribution in [2.45, 2.75) is 44.7 Å². The number of rotatable bonds is 5. The minimum absolute atomic E-state index is 0.303. The Labute approximate surface area is 91.8 Å². The lowest BCUT2D eigenvalue weighted by Gasteiger charge is -2.24. The highest BCUT2D eigenvalue weighted by Crippen LogP contribution is 2.19. The molecule has 2 atom stereocenters. The van der Waals surface area contributed by atoms with Gasteiger partial charge >= 0.3 is 5.97 Å². The first-order chi connectivity index (χ1) is 7.19. The molecule has 1 rings (SSSR count). The first-order valence-electron chi connectivity index (χ1n) is 5.76. The van der Waals surface area contributed by atoms with Crippen LogP contribution in [0, 0.1) is 0 Å². The summed E-state index contributed by atoms with van der Waals surface area (Å²) < 4.78 is 4.60. The summed E-state index contributed by atoms with van der Waals surface area (Å²) in [5, 5.41) is 0. The van der Waals surface area contributed by atoms with Crippen LogP contribution < -0.4 is 5.73 Å². The average Bonchev–Trinajstić information content (AvgIpc) is 2.71. The first-order valence-corrected chi connectivity index (χ1v) is 5.76. The number of nitrogens with zero attached hydrogens (tertiary/aromatic N) is 1. The Morgan fingerprint density at radius 3 is 3.00 bits per heavy atom. The molecule has 1 fully saturated rings. The molecule has 88 valence electrons. The first kappa shape index (κ1) is 12.5. The molecule has 2 N–H and O–H groups in total. The van der Waals surface area contributed by atoms with E-state index in [2.05, 4.69) is 16.6 Å². The summed E-state index contributed by atoms with van der Waals surface area (Å²) >= 11 is 0. The van der Waals surface area contributed by atoms with Gasteiger partial charge < -0.3 is 15.4 Å². The number of likely N-dealkylation sites (tertiary alicyclic amines) is 1. The largest absolute Gasteiger partial charge is 0.468 e. The van der Waals surface area contributed by atoms with E-state index in [1.807, 2.05) is 0 Å². The van der Waals surface area contributed by atoms with E-state index in [0.29, 0.717) is 12.5 Å². The molecule has 1 aliphatic heterocycles. The van der Waals surface area contributed by atoms with Gasteiger partial charge in [-0.3, -0.25) is 4.79 Å². The van der Waals surface area contributed by atoms with E-state index in [0.717, 1.165) is 13.1 Å². The summed E-state index contributed by atoms with van der Waals surface area (Å²) in [5.74, 6) is -0.303. The van der Waals surface area contributed by atoms with Gasteiger partial charge in [0.25, 0.3) is 0 Å². The van der Waals surface area contributed by atoms with Crippen LogP contribution in [0.5, 0.6) is 0 Å². The topological polar surface area (TPSA) is 55.6 Å². The van der Waals surface area contributed by atoms with Crippen molar-refractivity contribution in [2.24, 2.45) is 5.73 Å². The Hall–Kier alpha value is -0.610. The van der Waals surface area contributed by atoms with Crippen LogP contribution in [0.25, 0.3) is 0 Å². The quantitative estimate of drug-likeness (QED) is 0.686. The average molecular weight is 214 g/mol. The Morgan fingerprint density at radius 1 is 1.67 bits per heavy atom. The smallest absolute Gasteiger partial charge is 0.322 e. The fourth-order valence-corrected chi connectivity index (χ4v) is 2.23. The van der Waals surface area contributed by atoms with Gasteiger partial charge in [-0.1, -0.05) is 6.92 Å². The number of carbonyl (C=O) groups excluding carboxylic acids is 1. The van der Waals surface area contributed by atoms with Gasteiger partial charge in [0.15, 0.2) is 0 Å². The molecule has 0 radical (unpaired) electrons. The molecule has 0 bridgehead atoms. The molecule has 0 saturated carbocycles. The van der Waals surface area contributed by atoms with Crippen molar-refractivity contribution < 1.29 is 9.53 Å². The Kier molecular flexibility index (Phi) is 5.05. The van der Waals surface area contributed by atoms with Crippen LogP contribution in [0.4, 0.5) is 0 Å². The number of methoxy groups -OCH3 is 1. The van der Waals surface area contributed by atoms with E-state index in [9.17, 15) is 4.79 Å². The number of carbonyl (C=O) groups is 1. The second kappa shape index (κ2) is 6.08. The van der Waals surface area contributed by atoms with Gasteiger partial charge in [0.2, 0.25) is 0 Å². The van der Waals surface area contributed by atoms with E-state index < -0.39 is 6.04 Å². The number of esters is 1. The lowest BCUT2D eigenvalue weighted by atomic mass is 10.1. The summed E-state index contributed by atoms with van der Waals surface area (Å²) in [6.07, 6.45) is 4.44. The van der Waals surface area contributed by atoms with E-state index in [1.165, 1.54) is 26.4 Å². The zero-order valence-corrected chi connectivity index (χ0v) is 9.74. The molecule has 1 aliphatic rings. The lowest BCUT2D eigenvalue weighted by Crippen LogP contribution is -2.38. The van der Waals surface area contributed by atoms with Crippen LogP contribution in [-0.4, -0.2) is 43.2 Å². The lowest BCUT2D eigenvalue weighted by molar-refractivity contribution is -0.142. The zero-order chi connectivity index (χ0) is 11.3. The summed E-state index contributed by atoms with van der Waals surface area (Å²) in [4.78, 5) is 13.5. The normalized spacial score (nSPS) is 24.1. The second-order valence-electron chi connectivity index (χ2n) is 4.16. The van der Waals surface area contributed by atoms with Crippen LogP contribution in [0.15, 0.2) is 0 Å². The number of hydrogen-bond acceptors (Lipinski definition) is 4. The van der Waals surface area contributed by atoms with E-state index in [1.54, 1.807) is 0 Å². The van der Waals surface area contributed by atoms with Crippen LogP contribution in [0.2, 0.25) is 0 Å². The SMILES string of the molecule is CCC1CCCN1CCC(N)C(=O)OC. The summed E-state index contributed by atoms with van der Waals surface area (Å²) in [6.45, 7) is 4.27. The van der Waals surface area contributed by atoms with Gasteiger partial charge in [-0.15, -0.1) is 0 Å². The van der Waals surface area contributed by atoms with Crippen LogP contribution in [-0.2, 0) is 9.53 Å². The van der Waals surface area contributed by atoms with Crippen LogP contribution >= 0.6 is 0 Å². The van der Waals surface area contributed by atoms with Gasteiger partial charge in [0, 0.05) is 12.6 Å². The molecule has 15 heavy (non-hydrogen) atoms. The Bertz CT molecular complexity index is 209. The third-order valence-electron chi connectivity index (χ3n) is 3.20. The summed E-state index contributed by atoms with van der Waals surface area (Å²) in [7, 11) is 1.38. The molecule has 0 aromatic heterocycles. The highest BCUT2D eigenvalue weighted by Gasteiger charge is 2.24. The van der Waals surface area contributed by atoms with Gasteiger partial charge in [-0.05, 0) is 32.2 Å². The highest BCUT2D eigenvalue weighted by atomic mass is 16.5.